The lowest BCUT2D eigenvalue weighted by Crippen LogP contribution is -2.58. The van der Waals surface area contributed by atoms with Gasteiger partial charge in [-0.05, 0) is 38.2 Å². The summed E-state index contributed by atoms with van der Waals surface area (Å²) in [5.74, 6) is -1.99. The minimum absolute atomic E-state index is 0.0136. The smallest absolute Gasteiger partial charge is 0.311 e. The molecule has 37 heavy (non-hydrogen) atoms. The molecule has 3 aliphatic heterocycles. The molecule has 0 radical (unpaired) electrons. The van der Waals surface area contributed by atoms with Crippen LogP contribution >= 0.6 is 11.8 Å². The number of rotatable bonds is 11. The number of thioether (sulfide) groups is 1. The second-order valence-electron chi connectivity index (χ2n) is 10.9. The van der Waals surface area contributed by atoms with E-state index in [0.29, 0.717) is 19.5 Å². The Kier molecular flexibility index (Phi) is 8.10. The third-order valence-electron chi connectivity index (χ3n) is 8.71. The molecule has 202 valence electrons. The predicted octanol–water partition coefficient (Wildman–Crippen LogP) is 3.65. The van der Waals surface area contributed by atoms with Crippen LogP contribution in [0.15, 0.2) is 43.0 Å². The van der Waals surface area contributed by atoms with Crippen molar-refractivity contribution in [3.05, 3.63) is 48.6 Å². The summed E-state index contributed by atoms with van der Waals surface area (Å²) in [5, 5.41) is 10.5. The highest BCUT2D eigenvalue weighted by Crippen LogP contribution is 2.72. The van der Waals surface area contributed by atoms with Crippen LogP contribution in [-0.4, -0.2) is 74.0 Å². The third-order valence-corrected chi connectivity index (χ3v) is 10.7. The molecule has 1 aromatic rings. The number of hydrogen-bond acceptors (Lipinski definition) is 6. The van der Waals surface area contributed by atoms with Crippen LogP contribution in [-0.2, 0) is 25.7 Å². The van der Waals surface area contributed by atoms with Crippen molar-refractivity contribution in [2.45, 2.75) is 75.1 Å². The van der Waals surface area contributed by atoms with Gasteiger partial charge in [-0.1, -0.05) is 56.7 Å². The molecule has 3 fully saturated rings. The fourth-order valence-corrected chi connectivity index (χ4v) is 9.09. The van der Waals surface area contributed by atoms with Crippen LogP contribution < -0.4 is 0 Å². The van der Waals surface area contributed by atoms with Crippen molar-refractivity contribution in [3.63, 3.8) is 0 Å². The number of carbonyl (C=O) groups excluding carboxylic acids is 3. The number of fused-ring (bicyclic) bond motifs is 1. The maximum atomic E-state index is 14.5. The van der Waals surface area contributed by atoms with Crippen molar-refractivity contribution in [1.29, 1.82) is 0 Å². The highest BCUT2D eigenvalue weighted by Gasteiger charge is 2.78. The number of esters is 1. The zero-order valence-corrected chi connectivity index (χ0v) is 23.2. The Labute approximate surface area is 224 Å². The molecule has 0 aliphatic carbocycles. The van der Waals surface area contributed by atoms with Gasteiger partial charge in [0.15, 0.2) is 0 Å². The molecule has 2 amide bonds. The first-order valence-corrected chi connectivity index (χ1v) is 14.2. The van der Waals surface area contributed by atoms with Crippen molar-refractivity contribution >= 4 is 29.5 Å². The number of aliphatic hydroxyl groups excluding tert-OH is 1. The van der Waals surface area contributed by atoms with Gasteiger partial charge >= 0.3 is 5.97 Å². The largest absolute Gasteiger partial charge is 0.466 e. The van der Waals surface area contributed by atoms with Crippen LogP contribution in [0.4, 0.5) is 0 Å². The van der Waals surface area contributed by atoms with E-state index < -0.39 is 33.4 Å². The lowest BCUT2D eigenvalue weighted by atomic mass is 9.66. The Morgan fingerprint density at radius 1 is 1.30 bits per heavy atom. The first-order valence-electron chi connectivity index (χ1n) is 13.4. The number of ether oxygens (including phenoxy) is 1. The van der Waals surface area contributed by atoms with Gasteiger partial charge in [-0.3, -0.25) is 14.4 Å². The Morgan fingerprint density at radius 3 is 2.59 bits per heavy atom. The Hall–Kier alpha value is -2.32. The van der Waals surface area contributed by atoms with Gasteiger partial charge in [0.2, 0.25) is 11.8 Å². The van der Waals surface area contributed by atoms with Crippen molar-refractivity contribution in [3.8, 4) is 0 Å². The second kappa shape index (κ2) is 10.8. The number of aliphatic hydroxyl groups is 1. The summed E-state index contributed by atoms with van der Waals surface area (Å²) in [4.78, 5) is 45.5. The molecule has 1 aromatic carbocycles. The first kappa shape index (κ1) is 27.7. The molecule has 3 saturated heterocycles. The molecule has 7 nitrogen and oxygen atoms in total. The highest BCUT2D eigenvalue weighted by molar-refractivity contribution is 8.02. The third kappa shape index (κ3) is 4.50. The molecule has 2 bridgehead atoms. The molecular weight excluding hydrogens is 488 g/mol. The van der Waals surface area contributed by atoms with Gasteiger partial charge in [-0.15, -0.1) is 18.3 Å². The average molecular weight is 529 g/mol. The van der Waals surface area contributed by atoms with Crippen molar-refractivity contribution < 1.29 is 24.2 Å². The minimum Gasteiger partial charge on any atom is -0.466 e. The van der Waals surface area contributed by atoms with E-state index in [1.54, 1.807) is 34.6 Å². The fourth-order valence-electron chi connectivity index (χ4n) is 6.77. The minimum atomic E-state index is -0.772. The van der Waals surface area contributed by atoms with Gasteiger partial charge in [0, 0.05) is 17.8 Å². The normalized spacial score (nSPS) is 31.6. The Morgan fingerprint density at radius 2 is 2.00 bits per heavy atom. The quantitative estimate of drug-likeness (QED) is 0.349. The summed E-state index contributed by atoms with van der Waals surface area (Å²) in [6, 6.07) is 8.49. The van der Waals surface area contributed by atoms with E-state index in [1.165, 1.54) is 0 Å². The summed E-state index contributed by atoms with van der Waals surface area (Å²) in [7, 11) is 0. The molecule has 0 saturated carbocycles. The molecule has 1 spiro atoms. The number of hydrogen-bond donors (Lipinski definition) is 1. The number of likely N-dealkylation sites (tertiary alicyclic amines) is 1. The van der Waals surface area contributed by atoms with Gasteiger partial charge < -0.3 is 19.6 Å². The van der Waals surface area contributed by atoms with Gasteiger partial charge in [-0.2, -0.15) is 0 Å². The average Bonchev–Trinajstić information content (AvgIpc) is 3.45. The van der Waals surface area contributed by atoms with E-state index in [9.17, 15) is 19.5 Å². The van der Waals surface area contributed by atoms with Crippen LogP contribution in [0.5, 0.6) is 0 Å². The van der Waals surface area contributed by atoms with E-state index in [-0.39, 0.29) is 36.9 Å². The maximum absolute atomic E-state index is 14.5. The standard InChI is InChI=1S/C29H40N2O5S/c1-6-16-30(17-20-12-10-9-11-13-20)26(34)24-29-15-14-28(5,37-29)23(27(35)36-8-3)22(29)25(33)31(24)21(18-32)19(4)7-2/h6,9-13,19,21-24,32H,1,7-8,14-18H2,2-5H3/t19-,21-,22-,23+,24?,28-,29?/m0/s1. The van der Waals surface area contributed by atoms with Crippen molar-refractivity contribution in [2.75, 3.05) is 19.8 Å². The van der Waals surface area contributed by atoms with Gasteiger partial charge in [-0.25, -0.2) is 0 Å². The lowest BCUT2D eigenvalue weighted by molar-refractivity contribution is -0.156. The maximum Gasteiger partial charge on any atom is 0.311 e. The van der Waals surface area contributed by atoms with Crippen LogP contribution in [0, 0.1) is 17.8 Å². The van der Waals surface area contributed by atoms with E-state index in [4.69, 9.17) is 4.74 Å². The second-order valence-corrected chi connectivity index (χ2v) is 12.8. The molecule has 3 aliphatic rings. The van der Waals surface area contributed by atoms with E-state index in [1.807, 2.05) is 51.1 Å². The molecule has 0 aromatic heterocycles. The molecule has 3 heterocycles. The molecule has 4 rings (SSSR count). The Bertz CT molecular complexity index is 1030. The van der Waals surface area contributed by atoms with Crippen LogP contribution in [0.1, 0.15) is 52.5 Å². The molecule has 7 atom stereocenters. The molecular formula is C29H40N2O5S. The Balaban J connectivity index is 1.81. The van der Waals surface area contributed by atoms with Crippen LogP contribution in [0.2, 0.25) is 0 Å². The van der Waals surface area contributed by atoms with Crippen molar-refractivity contribution in [1.82, 2.24) is 9.80 Å². The molecule has 2 unspecified atom stereocenters. The monoisotopic (exact) mass is 528 g/mol. The predicted molar refractivity (Wildman–Crippen MR) is 145 cm³/mol. The number of nitrogens with zero attached hydrogens (tertiary/aromatic N) is 2. The summed E-state index contributed by atoms with van der Waals surface area (Å²) in [5.41, 5.74) is 0.989. The van der Waals surface area contributed by atoms with E-state index >= 15 is 0 Å². The summed E-state index contributed by atoms with van der Waals surface area (Å²) in [6.45, 7) is 12.4. The lowest BCUT2D eigenvalue weighted by Gasteiger charge is -2.41. The van der Waals surface area contributed by atoms with Gasteiger partial charge in [0.1, 0.15) is 6.04 Å². The fraction of sp³-hybridized carbons (Fsp3) is 0.621. The summed E-state index contributed by atoms with van der Waals surface area (Å²) in [6.07, 6.45) is 3.85. The van der Waals surface area contributed by atoms with Crippen molar-refractivity contribution in [2.24, 2.45) is 17.8 Å². The highest BCUT2D eigenvalue weighted by atomic mass is 32.2. The number of amides is 2. The van der Waals surface area contributed by atoms with Crippen LogP contribution in [0.25, 0.3) is 0 Å². The summed E-state index contributed by atoms with van der Waals surface area (Å²) < 4.78 is 4.26. The van der Waals surface area contributed by atoms with E-state index in [2.05, 4.69) is 6.58 Å². The SMILES string of the molecule is C=CCN(Cc1ccccc1)C(=O)C1N([C@@H](CO)[C@@H](C)CC)C(=O)[C@@H]2[C@H](C(=O)OCC)[C@]3(C)CCC12S3. The van der Waals surface area contributed by atoms with Gasteiger partial charge in [0.05, 0.1) is 35.8 Å². The van der Waals surface area contributed by atoms with E-state index in [0.717, 1.165) is 18.4 Å². The zero-order valence-electron chi connectivity index (χ0n) is 22.4. The molecule has 1 N–H and O–H groups in total. The molecule has 8 heteroatoms. The number of benzene rings is 1. The topological polar surface area (TPSA) is 87.2 Å². The first-order chi connectivity index (χ1) is 17.7. The number of carbonyl (C=O) groups is 3. The van der Waals surface area contributed by atoms with Gasteiger partial charge in [0.25, 0.3) is 0 Å². The summed E-state index contributed by atoms with van der Waals surface area (Å²) >= 11 is 1.63. The zero-order chi connectivity index (χ0) is 27.0. The van der Waals surface area contributed by atoms with Crippen LogP contribution in [0.3, 0.4) is 0 Å².